The maximum atomic E-state index is 12.6. The molecule has 3 aromatic carbocycles. The highest BCUT2D eigenvalue weighted by Gasteiger charge is 2.17. The molecule has 0 aliphatic carbocycles. The zero-order valence-electron chi connectivity index (χ0n) is 20.7. The van der Waals surface area contributed by atoms with Crippen molar-refractivity contribution in [3.05, 3.63) is 101 Å². The summed E-state index contributed by atoms with van der Waals surface area (Å²) in [5.41, 5.74) is 5.70. The van der Waals surface area contributed by atoms with Crippen molar-refractivity contribution in [1.82, 2.24) is 5.32 Å². The third-order valence-corrected chi connectivity index (χ3v) is 7.12. The Labute approximate surface area is 216 Å². The lowest BCUT2D eigenvalue weighted by atomic mass is 9.95. The Balaban J connectivity index is 1.61. The average molecular weight is 502 g/mol. The fourth-order valence-electron chi connectivity index (χ4n) is 4.15. The van der Waals surface area contributed by atoms with Gasteiger partial charge < -0.3 is 14.8 Å². The van der Waals surface area contributed by atoms with Crippen molar-refractivity contribution in [3.63, 3.8) is 0 Å². The number of fused-ring (bicyclic) bond motifs is 2. The average Bonchev–Trinajstić information content (AvgIpc) is 2.98. The molecule has 0 saturated heterocycles. The summed E-state index contributed by atoms with van der Waals surface area (Å²) in [5, 5.41) is 2.93. The molecule has 0 atom stereocenters. The second kappa shape index (κ2) is 12.6. The van der Waals surface area contributed by atoms with Crippen molar-refractivity contribution >= 4 is 29.2 Å². The largest absolute Gasteiger partial charge is 0.462 e. The van der Waals surface area contributed by atoms with E-state index in [-0.39, 0.29) is 11.9 Å². The van der Waals surface area contributed by atoms with Gasteiger partial charge in [0, 0.05) is 28.5 Å². The summed E-state index contributed by atoms with van der Waals surface area (Å²) in [6, 6.07) is 21.9. The van der Waals surface area contributed by atoms with Crippen LogP contribution >= 0.6 is 11.8 Å². The van der Waals surface area contributed by atoms with E-state index in [0.717, 1.165) is 44.9 Å². The number of allylic oxidation sites excluding steroid dienone is 1. The van der Waals surface area contributed by atoms with E-state index >= 15 is 0 Å². The fraction of sp³-hybridized carbons (Fsp3) is 0.267. The van der Waals surface area contributed by atoms with Gasteiger partial charge in [-0.25, -0.2) is 4.79 Å². The number of aryl methyl sites for hydroxylation is 1. The van der Waals surface area contributed by atoms with E-state index in [4.69, 9.17) is 9.47 Å². The zero-order valence-corrected chi connectivity index (χ0v) is 21.5. The lowest BCUT2D eigenvalue weighted by Crippen LogP contribution is -2.27. The Hall–Kier alpha value is -3.35. The maximum absolute atomic E-state index is 12.6. The zero-order chi connectivity index (χ0) is 25.3. The van der Waals surface area contributed by atoms with E-state index in [1.807, 2.05) is 55.5 Å². The molecule has 186 valence electrons. The van der Waals surface area contributed by atoms with Gasteiger partial charge in [-0.2, -0.15) is 0 Å². The van der Waals surface area contributed by atoms with Crippen LogP contribution in [0.15, 0.2) is 82.6 Å². The Morgan fingerprint density at radius 3 is 2.47 bits per heavy atom. The third kappa shape index (κ3) is 6.25. The molecule has 4 rings (SSSR count). The lowest BCUT2D eigenvalue weighted by molar-refractivity contribution is 0.0526. The molecule has 1 heterocycles. The quantitative estimate of drug-likeness (QED) is 0.296. The summed E-state index contributed by atoms with van der Waals surface area (Å²) in [5.74, 6) is -0.391. The Bertz CT molecular complexity index is 1250. The topological polar surface area (TPSA) is 64.6 Å². The second-order valence-corrected chi connectivity index (χ2v) is 9.41. The standard InChI is InChI=1S/C30H31NO4S/c1-3-34-19-18-31-29(32)24-16-17-27-23(20-24)8-7-10-25(26-9-5-6-11-28(26)36-27)21-12-14-22(15-13-21)30(33)35-4-2/h5-6,9-17,20H,3-4,7-8,18-19H2,1-2H3,(H,31,32)/b25-10+. The molecule has 6 heteroatoms. The fourth-order valence-corrected chi connectivity index (χ4v) is 5.25. The van der Waals surface area contributed by atoms with Gasteiger partial charge in [-0.05, 0) is 85.4 Å². The Kier molecular flexibility index (Phi) is 8.98. The molecule has 0 spiro atoms. The second-order valence-electron chi connectivity index (χ2n) is 8.33. The van der Waals surface area contributed by atoms with E-state index in [2.05, 4.69) is 29.6 Å². The maximum Gasteiger partial charge on any atom is 0.338 e. The number of rotatable bonds is 8. The smallest absolute Gasteiger partial charge is 0.338 e. The van der Waals surface area contributed by atoms with Gasteiger partial charge in [-0.3, -0.25) is 4.79 Å². The normalized spacial score (nSPS) is 14.2. The number of carbonyl (C=O) groups excluding carboxylic acids is 2. The van der Waals surface area contributed by atoms with Crippen molar-refractivity contribution in [2.45, 2.75) is 36.5 Å². The van der Waals surface area contributed by atoms with Crippen molar-refractivity contribution < 1.29 is 19.1 Å². The number of hydrogen-bond donors (Lipinski definition) is 1. The molecular formula is C30H31NO4S. The summed E-state index contributed by atoms with van der Waals surface area (Å²) in [6.45, 7) is 5.74. The predicted octanol–water partition coefficient (Wildman–Crippen LogP) is 6.16. The Morgan fingerprint density at radius 2 is 1.69 bits per heavy atom. The number of carbonyl (C=O) groups is 2. The highest BCUT2D eigenvalue weighted by Crippen LogP contribution is 2.39. The van der Waals surface area contributed by atoms with E-state index < -0.39 is 0 Å². The van der Waals surface area contributed by atoms with E-state index in [0.29, 0.717) is 37.5 Å². The monoisotopic (exact) mass is 501 g/mol. The van der Waals surface area contributed by atoms with Crippen molar-refractivity contribution in [1.29, 1.82) is 0 Å². The van der Waals surface area contributed by atoms with Crippen LogP contribution in [0.5, 0.6) is 0 Å². The first-order valence-electron chi connectivity index (χ1n) is 12.3. The molecule has 36 heavy (non-hydrogen) atoms. The Morgan fingerprint density at radius 1 is 0.917 bits per heavy atom. The van der Waals surface area contributed by atoms with Gasteiger partial charge in [0.15, 0.2) is 0 Å². The van der Waals surface area contributed by atoms with E-state index in [1.54, 1.807) is 18.7 Å². The molecule has 0 fully saturated rings. The van der Waals surface area contributed by atoms with Crippen LogP contribution in [0.4, 0.5) is 0 Å². The van der Waals surface area contributed by atoms with Gasteiger partial charge in [0.1, 0.15) is 0 Å². The number of amides is 1. The third-order valence-electron chi connectivity index (χ3n) is 5.93. The summed E-state index contributed by atoms with van der Waals surface area (Å²) in [7, 11) is 0. The van der Waals surface area contributed by atoms with Crippen molar-refractivity contribution in [3.8, 4) is 0 Å². The molecule has 5 nitrogen and oxygen atoms in total. The summed E-state index contributed by atoms with van der Waals surface area (Å²) in [4.78, 5) is 27.0. The van der Waals surface area contributed by atoms with Gasteiger partial charge in [0.25, 0.3) is 5.91 Å². The van der Waals surface area contributed by atoms with E-state index in [9.17, 15) is 9.59 Å². The number of benzene rings is 3. The molecule has 1 aliphatic rings. The molecule has 0 bridgehead atoms. The molecule has 1 aliphatic heterocycles. The number of esters is 1. The van der Waals surface area contributed by atoms with E-state index in [1.165, 1.54) is 0 Å². The van der Waals surface area contributed by atoms with Gasteiger partial charge in [0.05, 0.1) is 18.8 Å². The van der Waals surface area contributed by atoms with Crippen molar-refractivity contribution in [2.24, 2.45) is 0 Å². The summed E-state index contributed by atoms with van der Waals surface area (Å²) < 4.78 is 10.4. The first-order valence-corrected chi connectivity index (χ1v) is 13.2. The van der Waals surface area contributed by atoms with Gasteiger partial charge >= 0.3 is 5.97 Å². The highest BCUT2D eigenvalue weighted by atomic mass is 32.2. The molecule has 0 aromatic heterocycles. The van der Waals surface area contributed by atoms with Gasteiger partial charge in [0.2, 0.25) is 0 Å². The first-order chi connectivity index (χ1) is 17.6. The van der Waals surface area contributed by atoms with Crippen molar-refractivity contribution in [2.75, 3.05) is 26.4 Å². The minimum absolute atomic E-state index is 0.0827. The van der Waals surface area contributed by atoms with Crippen LogP contribution in [-0.4, -0.2) is 38.2 Å². The van der Waals surface area contributed by atoms with Gasteiger partial charge in [-0.1, -0.05) is 48.2 Å². The number of nitrogens with one attached hydrogen (secondary N) is 1. The van der Waals surface area contributed by atoms with Crippen LogP contribution in [0.2, 0.25) is 0 Å². The molecular weight excluding hydrogens is 470 g/mol. The molecule has 0 unspecified atom stereocenters. The minimum Gasteiger partial charge on any atom is -0.462 e. The van der Waals surface area contributed by atoms with Crippen LogP contribution in [0.1, 0.15) is 57.7 Å². The number of ether oxygens (including phenoxy) is 2. The minimum atomic E-state index is -0.309. The van der Waals surface area contributed by atoms with Crippen LogP contribution < -0.4 is 5.32 Å². The summed E-state index contributed by atoms with van der Waals surface area (Å²) >= 11 is 1.72. The van der Waals surface area contributed by atoms with Crippen LogP contribution in [0, 0.1) is 0 Å². The SMILES string of the molecule is CCOCCNC(=O)c1ccc2c(c1)CC/C=C(\c1ccc(C(=O)OCC)cc1)c1ccccc1S2. The predicted molar refractivity (Wildman–Crippen MR) is 144 cm³/mol. The molecule has 1 N–H and O–H groups in total. The van der Waals surface area contributed by atoms with Crippen LogP contribution in [0.3, 0.4) is 0 Å². The lowest BCUT2D eigenvalue weighted by Gasteiger charge is -2.14. The molecule has 0 radical (unpaired) electrons. The molecule has 1 amide bonds. The number of hydrogen-bond acceptors (Lipinski definition) is 5. The van der Waals surface area contributed by atoms with Crippen LogP contribution in [0.25, 0.3) is 5.57 Å². The van der Waals surface area contributed by atoms with Gasteiger partial charge in [-0.15, -0.1) is 0 Å². The molecule has 0 saturated carbocycles. The first kappa shape index (κ1) is 25.7. The highest BCUT2D eigenvalue weighted by molar-refractivity contribution is 7.99. The van der Waals surface area contributed by atoms with Crippen LogP contribution in [-0.2, 0) is 15.9 Å². The summed E-state index contributed by atoms with van der Waals surface area (Å²) in [6.07, 6.45) is 3.90. The molecule has 3 aromatic rings.